The quantitative estimate of drug-likeness (QED) is 0.864. The maximum Gasteiger partial charge on any atom is 0.317 e. The van der Waals surface area contributed by atoms with Crippen LogP contribution in [0.2, 0.25) is 0 Å². The molecule has 19 heavy (non-hydrogen) atoms. The Morgan fingerprint density at radius 3 is 2.58 bits per heavy atom. The number of carbonyl (C=O) groups is 1. The number of piperidine rings is 1. The maximum absolute atomic E-state index is 11.8. The summed E-state index contributed by atoms with van der Waals surface area (Å²) in [7, 11) is 0. The van der Waals surface area contributed by atoms with E-state index in [0.717, 1.165) is 36.2 Å². The lowest BCUT2D eigenvalue weighted by molar-refractivity contribution is 0.184. The van der Waals surface area contributed by atoms with E-state index in [-0.39, 0.29) is 6.03 Å². The van der Waals surface area contributed by atoms with Crippen LogP contribution in [0.15, 0.2) is 28.7 Å². The zero-order chi connectivity index (χ0) is 13.5. The van der Waals surface area contributed by atoms with Crippen LogP contribution in [0.5, 0.6) is 5.75 Å². The van der Waals surface area contributed by atoms with Gasteiger partial charge in [-0.3, -0.25) is 0 Å². The molecule has 1 aromatic rings. The van der Waals surface area contributed by atoms with Crippen molar-refractivity contribution in [1.29, 1.82) is 0 Å². The summed E-state index contributed by atoms with van der Waals surface area (Å²) in [4.78, 5) is 13.7. The van der Waals surface area contributed by atoms with Gasteiger partial charge < -0.3 is 15.0 Å². The van der Waals surface area contributed by atoms with Crippen LogP contribution in [0.25, 0.3) is 0 Å². The van der Waals surface area contributed by atoms with Crippen LogP contribution in [0, 0.1) is 0 Å². The standard InChI is InChI=1S/C14H19BrN2O2/c15-12-4-6-13(7-5-12)19-11-8-16-14(18)17-9-2-1-3-10-17/h4-7H,1-3,8-11H2,(H,16,18). The molecule has 1 saturated heterocycles. The molecular weight excluding hydrogens is 308 g/mol. The molecule has 1 fully saturated rings. The average Bonchev–Trinajstić information content (AvgIpc) is 2.46. The minimum Gasteiger partial charge on any atom is -0.492 e. The van der Waals surface area contributed by atoms with Crippen LogP contribution in [0.3, 0.4) is 0 Å². The van der Waals surface area contributed by atoms with Crippen molar-refractivity contribution in [2.24, 2.45) is 0 Å². The van der Waals surface area contributed by atoms with Gasteiger partial charge in [0.15, 0.2) is 0 Å². The van der Waals surface area contributed by atoms with E-state index in [4.69, 9.17) is 4.74 Å². The van der Waals surface area contributed by atoms with E-state index in [1.807, 2.05) is 29.2 Å². The molecule has 0 atom stereocenters. The number of nitrogens with one attached hydrogen (secondary N) is 1. The Balaban J connectivity index is 1.63. The van der Waals surface area contributed by atoms with Gasteiger partial charge in [-0.1, -0.05) is 15.9 Å². The molecule has 1 aliphatic rings. The highest BCUT2D eigenvalue weighted by Gasteiger charge is 2.15. The molecule has 0 saturated carbocycles. The number of ether oxygens (including phenoxy) is 1. The first-order valence-corrected chi connectivity index (χ1v) is 7.46. The van der Waals surface area contributed by atoms with Gasteiger partial charge in [0.25, 0.3) is 0 Å². The van der Waals surface area contributed by atoms with Crippen LogP contribution in [-0.2, 0) is 0 Å². The first-order chi connectivity index (χ1) is 9.25. The molecule has 0 aliphatic carbocycles. The Kier molecular flexibility index (Phi) is 5.51. The van der Waals surface area contributed by atoms with Gasteiger partial charge in [0.2, 0.25) is 0 Å². The molecule has 1 heterocycles. The maximum atomic E-state index is 11.8. The number of rotatable bonds is 4. The summed E-state index contributed by atoms with van der Waals surface area (Å²) < 4.78 is 6.57. The summed E-state index contributed by atoms with van der Waals surface area (Å²) in [5.41, 5.74) is 0. The van der Waals surface area contributed by atoms with Gasteiger partial charge in [0, 0.05) is 17.6 Å². The second kappa shape index (κ2) is 7.38. The molecule has 0 spiro atoms. The summed E-state index contributed by atoms with van der Waals surface area (Å²) in [5.74, 6) is 0.815. The van der Waals surface area contributed by atoms with Crippen LogP contribution < -0.4 is 10.1 Å². The van der Waals surface area contributed by atoms with Crippen LogP contribution in [0.1, 0.15) is 19.3 Å². The zero-order valence-corrected chi connectivity index (χ0v) is 12.5. The number of benzene rings is 1. The van der Waals surface area contributed by atoms with Gasteiger partial charge in [-0.05, 0) is 43.5 Å². The van der Waals surface area contributed by atoms with Crippen molar-refractivity contribution in [3.63, 3.8) is 0 Å². The smallest absolute Gasteiger partial charge is 0.317 e. The fourth-order valence-corrected chi connectivity index (χ4v) is 2.33. The average molecular weight is 327 g/mol. The lowest BCUT2D eigenvalue weighted by atomic mass is 10.1. The van der Waals surface area contributed by atoms with Crippen molar-refractivity contribution in [3.05, 3.63) is 28.7 Å². The second-order valence-electron chi connectivity index (χ2n) is 4.58. The van der Waals surface area contributed by atoms with Crippen molar-refractivity contribution >= 4 is 22.0 Å². The summed E-state index contributed by atoms with van der Waals surface area (Å²) in [5, 5.41) is 2.89. The van der Waals surface area contributed by atoms with Crippen molar-refractivity contribution < 1.29 is 9.53 Å². The SMILES string of the molecule is O=C(NCCOc1ccc(Br)cc1)N1CCCCC1. The van der Waals surface area contributed by atoms with E-state index in [1.54, 1.807) is 0 Å². The van der Waals surface area contributed by atoms with E-state index in [9.17, 15) is 4.79 Å². The number of urea groups is 1. The predicted molar refractivity (Wildman–Crippen MR) is 78.5 cm³/mol. The first kappa shape index (κ1) is 14.2. The molecule has 2 rings (SSSR count). The number of likely N-dealkylation sites (tertiary alicyclic amines) is 1. The monoisotopic (exact) mass is 326 g/mol. The van der Waals surface area contributed by atoms with Crippen molar-refractivity contribution in [2.75, 3.05) is 26.2 Å². The van der Waals surface area contributed by atoms with E-state index in [1.165, 1.54) is 6.42 Å². The largest absolute Gasteiger partial charge is 0.492 e. The van der Waals surface area contributed by atoms with Crippen molar-refractivity contribution in [3.8, 4) is 5.75 Å². The summed E-state index contributed by atoms with van der Waals surface area (Å²) >= 11 is 3.37. The summed E-state index contributed by atoms with van der Waals surface area (Å²) in [6, 6.07) is 7.69. The van der Waals surface area contributed by atoms with E-state index >= 15 is 0 Å². The fraction of sp³-hybridized carbons (Fsp3) is 0.500. The van der Waals surface area contributed by atoms with Crippen LogP contribution in [0.4, 0.5) is 4.79 Å². The number of nitrogens with zero attached hydrogens (tertiary/aromatic N) is 1. The van der Waals surface area contributed by atoms with E-state index < -0.39 is 0 Å². The highest BCUT2D eigenvalue weighted by atomic mass is 79.9. The summed E-state index contributed by atoms with van der Waals surface area (Å²) in [6.45, 7) is 2.77. The number of halogens is 1. The normalized spacial score (nSPS) is 15.1. The van der Waals surface area contributed by atoms with Crippen LogP contribution >= 0.6 is 15.9 Å². The molecule has 0 unspecified atom stereocenters. The molecule has 0 aromatic heterocycles. The van der Waals surface area contributed by atoms with Gasteiger partial charge >= 0.3 is 6.03 Å². The third-order valence-corrected chi connectivity index (χ3v) is 3.63. The molecule has 0 bridgehead atoms. The minimum absolute atomic E-state index is 0.0270. The highest BCUT2D eigenvalue weighted by molar-refractivity contribution is 9.10. The predicted octanol–water partition coefficient (Wildman–Crippen LogP) is 3.02. The number of carbonyl (C=O) groups excluding carboxylic acids is 1. The molecule has 1 aromatic carbocycles. The highest BCUT2D eigenvalue weighted by Crippen LogP contribution is 2.15. The molecule has 5 heteroatoms. The first-order valence-electron chi connectivity index (χ1n) is 6.67. The molecule has 0 radical (unpaired) electrons. The fourth-order valence-electron chi connectivity index (χ4n) is 2.07. The molecule has 2 amide bonds. The Hall–Kier alpha value is -1.23. The van der Waals surface area contributed by atoms with Crippen molar-refractivity contribution in [1.82, 2.24) is 10.2 Å². The Bertz CT molecular complexity index is 402. The Morgan fingerprint density at radius 1 is 1.21 bits per heavy atom. The van der Waals surface area contributed by atoms with Gasteiger partial charge in [0.1, 0.15) is 12.4 Å². The molecule has 104 valence electrons. The van der Waals surface area contributed by atoms with E-state index in [2.05, 4.69) is 21.2 Å². The topological polar surface area (TPSA) is 41.6 Å². The van der Waals surface area contributed by atoms with Gasteiger partial charge in [-0.2, -0.15) is 0 Å². The molecule has 4 nitrogen and oxygen atoms in total. The van der Waals surface area contributed by atoms with Gasteiger partial charge in [0.05, 0.1) is 6.54 Å². The lowest BCUT2D eigenvalue weighted by Crippen LogP contribution is -2.43. The van der Waals surface area contributed by atoms with Crippen molar-refractivity contribution in [2.45, 2.75) is 19.3 Å². The molecule has 1 aliphatic heterocycles. The Labute approximate surface area is 122 Å². The third-order valence-electron chi connectivity index (χ3n) is 3.10. The summed E-state index contributed by atoms with van der Waals surface area (Å²) in [6.07, 6.45) is 3.46. The third kappa shape index (κ3) is 4.74. The van der Waals surface area contributed by atoms with Gasteiger partial charge in [-0.25, -0.2) is 4.79 Å². The Morgan fingerprint density at radius 2 is 1.89 bits per heavy atom. The zero-order valence-electron chi connectivity index (χ0n) is 10.9. The molecule has 1 N–H and O–H groups in total. The van der Waals surface area contributed by atoms with Crippen LogP contribution in [-0.4, -0.2) is 37.2 Å². The second-order valence-corrected chi connectivity index (χ2v) is 5.50. The number of amides is 2. The van der Waals surface area contributed by atoms with Gasteiger partial charge in [-0.15, -0.1) is 0 Å². The number of hydrogen-bond donors (Lipinski definition) is 1. The lowest BCUT2D eigenvalue weighted by Gasteiger charge is -2.26. The minimum atomic E-state index is 0.0270. The molecular formula is C14H19BrN2O2. The van der Waals surface area contributed by atoms with E-state index in [0.29, 0.717) is 13.2 Å². The number of hydrogen-bond acceptors (Lipinski definition) is 2.